The molecule has 11 nitrogen and oxygen atoms in total. The summed E-state index contributed by atoms with van der Waals surface area (Å²) >= 11 is 0. The van der Waals surface area contributed by atoms with Crippen LogP contribution in [-0.2, 0) is 37.7 Å². The van der Waals surface area contributed by atoms with Crippen molar-refractivity contribution in [2.75, 3.05) is 0 Å². The molecule has 0 aliphatic rings. The Labute approximate surface area is 392 Å². The van der Waals surface area contributed by atoms with E-state index in [4.69, 9.17) is 4.74 Å². The molecule has 3 atom stereocenters. The van der Waals surface area contributed by atoms with Gasteiger partial charge in [-0.3, -0.25) is 19.2 Å². The van der Waals surface area contributed by atoms with Gasteiger partial charge in [0.15, 0.2) is 5.78 Å². The van der Waals surface area contributed by atoms with Gasteiger partial charge in [0.05, 0.1) is 11.6 Å². The van der Waals surface area contributed by atoms with E-state index in [1.165, 1.54) is 12.2 Å². The lowest BCUT2D eigenvalue weighted by atomic mass is 9.77. The summed E-state index contributed by atoms with van der Waals surface area (Å²) in [5.41, 5.74) is 3.71. The fraction of sp³-hybridized carbons (Fsp3) is 0.214. The summed E-state index contributed by atoms with van der Waals surface area (Å²) in [4.78, 5) is 69.6. The van der Waals surface area contributed by atoms with Crippen LogP contribution in [0.2, 0.25) is 0 Å². The molecule has 6 aromatic carbocycles. The molecule has 4 N–H and O–H groups in total. The van der Waals surface area contributed by atoms with Crippen molar-refractivity contribution in [2.24, 2.45) is 5.92 Å². The number of amides is 4. The molecular formula is C56H55N5O6. The van der Waals surface area contributed by atoms with Crippen LogP contribution in [0, 0.1) is 17.2 Å². The van der Waals surface area contributed by atoms with Gasteiger partial charge in [-0.15, -0.1) is 0 Å². The maximum atomic E-state index is 14.5. The van der Waals surface area contributed by atoms with Crippen molar-refractivity contribution >= 4 is 29.6 Å². The van der Waals surface area contributed by atoms with Crippen LogP contribution in [0.15, 0.2) is 188 Å². The number of alkyl carbamates (subject to hydrolysis) is 1. The van der Waals surface area contributed by atoms with Gasteiger partial charge in [-0.2, -0.15) is 5.26 Å². The number of nitrogens with zero attached hydrogens (tertiary/aromatic N) is 1. The van der Waals surface area contributed by atoms with E-state index in [-0.39, 0.29) is 49.9 Å². The highest BCUT2D eigenvalue weighted by atomic mass is 16.5. The topological polar surface area (TPSA) is 166 Å². The quantitative estimate of drug-likeness (QED) is 0.0319. The number of nitrogens with one attached hydrogen (secondary N) is 4. The van der Waals surface area contributed by atoms with Crippen molar-refractivity contribution in [3.8, 4) is 6.07 Å². The number of hydrogen-bond donors (Lipinski definition) is 4. The number of ether oxygens (including phenoxy) is 1. The molecule has 0 aliphatic heterocycles. The number of rotatable bonds is 21. The lowest BCUT2D eigenvalue weighted by molar-refractivity contribution is -0.130. The van der Waals surface area contributed by atoms with Gasteiger partial charge < -0.3 is 26.0 Å². The van der Waals surface area contributed by atoms with E-state index in [1.54, 1.807) is 24.3 Å². The maximum absolute atomic E-state index is 14.5. The molecule has 67 heavy (non-hydrogen) atoms. The summed E-state index contributed by atoms with van der Waals surface area (Å²) in [5, 5.41) is 21.2. The lowest BCUT2D eigenvalue weighted by Crippen LogP contribution is -2.55. The molecule has 0 heterocycles. The molecule has 6 rings (SSSR count). The Morgan fingerprint density at radius 3 is 1.61 bits per heavy atom. The van der Waals surface area contributed by atoms with Crippen molar-refractivity contribution < 1.29 is 28.7 Å². The zero-order valence-electron chi connectivity index (χ0n) is 37.6. The van der Waals surface area contributed by atoms with Crippen molar-refractivity contribution in [3.63, 3.8) is 0 Å². The standard InChI is InChI=1S/C56H55N5O6/c1-40(2)36-49(60-55(66)67-39-43-20-10-4-11-21-43)54(65)59-50(37-41-18-8-3-9-19-41)53(64)58-48(32-34-51(62)44-30-28-42(38-57)29-31-44)33-35-52(63)61-56(45-22-12-5-13-23-45,46-24-14-6-15-25-46)47-26-16-7-17-27-47/h3-32,34,40,48-50H,33,35-37,39H2,1-2H3,(H,58,64)(H,59,65)(H,60,66)(H,61,63)/b34-32+/t48-,49+,50+/m1/s1. The molecule has 340 valence electrons. The number of benzene rings is 6. The fourth-order valence-corrected chi connectivity index (χ4v) is 7.79. The van der Waals surface area contributed by atoms with E-state index in [0.717, 1.165) is 27.8 Å². The van der Waals surface area contributed by atoms with Crippen LogP contribution in [0.25, 0.3) is 0 Å². The highest BCUT2D eigenvalue weighted by molar-refractivity contribution is 6.04. The zero-order chi connectivity index (χ0) is 47.4. The fourth-order valence-electron chi connectivity index (χ4n) is 7.79. The highest BCUT2D eigenvalue weighted by Gasteiger charge is 2.38. The molecule has 0 aliphatic carbocycles. The van der Waals surface area contributed by atoms with E-state index in [9.17, 15) is 29.2 Å². The van der Waals surface area contributed by atoms with Gasteiger partial charge in [0.1, 0.15) is 24.2 Å². The van der Waals surface area contributed by atoms with Crippen LogP contribution in [0.1, 0.15) is 76.8 Å². The summed E-state index contributed by atoms with van der Waals surface area (Å²) in [6.45, 7) is 3.84. The Morgan fingerprint density at radius 2 is 1.10 bits per heavy atom. The first-order valence-corrected chi connectivity index (χ1v) is 22.4. The molecule has 4 amide bonds. The first-order valence-electron chi connectivity index (χ1n) is 22.4. The van der Waals surface area contributed by atoms with Gasteiger partial charge in [0.2, 0.25) is 17.7 Å². The largest absolute Gasteiger partial charge is 0.445 e. The SMILES string of the molecule is CC(C)C[C@H](NC(=O)OCc1ccccc1)C(=O)N[C@@H](Cc1ccccc1)C(=O)N[C@H](/C=C/C(=O)c1ccc(C#N)cc1)CCC(=O)NC(c1ccccc1)(c1ccccc1)c1ccccc1. The third kappa shape index (κ3) is 13.9. The average molecular weight is 894 g/mol. The van der Waals surface area contributed by atoms with E-state index in [1.807, 2.05) is 172 Å². The van der Waals surface area contributed by atoms with Gasteiger partial charge in [0, 0.05) is 24.4 Å². The molecule has 0 aromatic heterocycles. The summed E-state index contributed by atoms with van der Waals surface area (Å²) in [5.74, 6) is -1.85. The highest BCUT2D eigenvalue weighted by Crippen LogP contribution is 2.37. The van der Waals surface area contributed by atoms with Crippen LogP contribution < -0.4 is 21.3 Å². The van der Waals surface area contributed by atoms with Crippen LogP contribution in [0.3, 0.4) is 0 Å². The first kappa shape index (κ1) is 48.4. The van der Waals surface area contributed by atoms with E-state index in [2.05, 4.69) is 21.3 Å². The summed E-state index contributed by atoms with van der Waals surface area (Å²) in [6, 6.07) is 52.7. The zero-order valence-corrected chi connectivity index (χ0v) is 37.6. The minimum atomic E-state index is -1.13. The van der Waals surface area contributed by atoms with Crippen molar-refractivity contribution in [3.05, 3.63) is 227 Å². The summed E-state index contributed by atoms with van der Waals surface area (Å²) in [6.07, 6.45) is 2.45. The van der Waals surface area contributed by atoms with Crippen LogP contribution in [0.4, 0.5) is 4.79 Å². The predicted octanol–water partition coefficient (Wildman–Crippen LogP) is 8.74. The number of carbonyl (C=O) groups excluding carboxylic acids is 5. The Morgan fingerprint density at radius 1 is 0.612 bits per heavy atom. The Bertz CT molecular complexity index is 2520. The predicted molar refractivity (Wildman–Crippen MR) is 258 cm³/mol. The normalized spacial score (nSPS) is 12.5. The molecule has 0 fully saturated rings. The first-order chi connectivity index (χ1) is 32.5. The van der Waals surface area contributed by atoms with Gasteiger partial charge >= 0.3 is 6.09 Å². The van der Waals surface area contributed by atoms with Gasteiger partial charge in [-0.05, 0) is 76.9 Å². The molecule has 0 spiro atoms. The number of carbonyl (C=O) groups is 5. The molecule has 0 saturated carbocycles. The maximum Gasteiger partial charge on any atom is 0.408 e. The van der Waals surface area contributed by atoms with E-state index >= 15 is 0 Å². The number of hydrogen-bond acceptors (Lipinski definition) is 7. The third-order valence-corrected chi connectivity index (χ3v) is 11.2. The van der Waals surface area contributed by atoms with Gasteiger partial charge in [0.25, 0.3) is 0 Å². The smallest absolute Gasteiger partial charge is 0.408 e. The van der Waals surface area contributed by atoms with Crippen molar-refractivity contribution in [2.45, 2.75) is 69.8 Å². The van der Waals surface area contributed by atoms with Crippen molar-refractivity contribution in [1.82, 2.24) is 21.3 Å². The Balaban J connectivity index is 1.27. The third-order valence-electron chi connectivity index (χ3n) is 11.2. The minimum Gasteiger partial charge on any atom is -0.445 e. The molecule has 0 bridgehead atoms. The van der Waals surface area contributed by atoms with E-state index in [0.29, 0.717) is 11.1 Å². The molecule has 11 heteroatoms. The molecule has 6 aromatic rings. The summed E-state index contributed by atoms with van der Waals surface area (Å²) < 4.78 is 5.44. The molecule has 0 saturated heterocycles. The van der Waals surface area contributed by atoms with Crippen LogP contribution >= 0.6 is 0 Å². The number of ketones is 1. The second kappa shape index (κ2) is 24.3. The minimum absolute atomic E-state index is 0.00802. The van der Waals surface area contributed by atoms with Gasteiger partial charge in [-0.1, -0.05) is 172 Å². The number of nitriles is 1. The lowest BCUT2D eigenvalue weighted by Gasteiger charge is -2.37. The van der Waals surface area contributed by atoms with Crippen LogP contribution in [-0.4, -0.2) is 47.7 Å². The number of allylic oxidation sites excluding steroid dienone is 1. The van der Waals surface area contributed by atoms with Gasteiger partial charge in [-0.25, -0.2) is 4.79 Å². The van der Waals surface area contributed by atoms with Crippen molar-refractivity contribution in [1.29, 1.82) is 5.26 Å². The monoisotopic (exact) mass is 893 g/mol. The average Bonchev–Trinajstić information content (AvgIpc) is 3.36. The summed E-state index contributed by atoms with van der Waals surface area (Å²) in [7, 11) is 0. The Hall–Kier alpha value is -8.10. The van der Waals surface area contributed by atoms with E-state index < -0.39 is 41.6 Å². The van der Waals surface area contributed by atoms with Crippen LogP contribution in [0.5, 0.6) is 0 Å². The Kier molecular flexibility index (Phi) is 17.5. The molecule has 0 unspecified atom stereocenters. The molecular weight excluding hydrogens is 839 g/mol. The molecule has 0 radical (unpaired) electrons. The second-order valence-corrected chi connectivity index (χ2v) is 16.6. The second-order valence-electron chi connectivity index (χ2n) is 16.6.